The summed E-state index contributed by atoms with van der Waals surface area (Å²) in [5.41, 5.74) is -0.0575. The molecule has 0 N–H and O–H groups in total. The summed E-state index contributed by atoms with van der Waals surface area (Å²) in [6, 6.07) is 4.59. The van der Waals surface area contributed by atoms with Crippen LogP contribution in [0, 0.1) is 11.2 Å². The minimum absolute atomic E-state index is 0.0392. The zero-order chi connectivity index (χ0) is 19.4. The lowest BCUT2D eigenvalue weighted by Crippen LogP contribution is -2.50. The van der Waals surface area contributed by atoms with Gasteiger partial charge in [0.1, 0.15) is 11.6 Å². The number of rotatable bonds is 5. The molecule has 2 heterocycles. The molecule has 6 heteroatoms. The zero-order valence-corrected chi connectivity index (χ0v) is 16.0. The van der Waals surface area contributed by atoms with E-state index in [9.17, 15) is 14.0 Å². The summed E-state index contributed by atoms with van der Waals surface area (Å²) in [6.07, 6.45) is 6.42. The fraction of sp³-hybridized carbons (Fsp3) is 0.524. The number of hydrogen-bond donors (Lipinski definition) is 0. The smallest absolute Gasteiger partial charge is 0.230 e. The molecule has 2 aliphatic rings. The molecular formula is C21H27FN2O3. The number of benzene rings is 1. The average Bonchev–Trinajstić information content (AvgIpc) is 3.10. The monoisotopic (exact) mass is 374 g/mol. The van der Waals surface area contributed by atoms with Crippen molar-refractivity contribution in [3.63, 3.8) is 0 Å². The molecule has 0 radical (unpaired) electrons. The number of ether oxygens (including phenoxy) is 1. The third-order valence-corrected chi connectivity index (χ3v) is 5.67. The summed E-state index contributed by atoms with van der Waals surface area (Å²) >= 11 is 0. The molecule has 27 heavy (non-hydrogen) atoms. The molecule has 5 nitrogen and oxygen atoms in total. The van der Waals surface area contributed by atoms with Crippen LogP contribution in [0.25, 0.3) is 0 Å². The third-order valence-electron chi connectivity index (χ3n) is 5.67. The van der Waals surface area contributed by atoms with E-state index in [1.165, 1.54) is 13.2 Å². The number of piperidine rings is 1. The van der Waals surface area contributed by atoms with Gasteiger partial charge >= 0.3 is 0 Å². The molecule has 1 atom stereocenters. The van der Waals surface area contributed by atoms with Gasteiger partial charge in [-0.05, 0) is 44.4 Å². The van der Waals surface area contributed by atoms with Crippen LogP contribution in [-0.4, -0.2) is 48.4 Å². The SMILES string of the molecule is CC=CCC(=O)N1CCC2(CCCN(Cc3cc(OC)ccc3F)C2=O)C1. The van der Waals surface area contributed by atoms with Gasteiger partial charge in [-0.1, -0.05) is 12.2 Å². The third kappa shape index (κ3) is 3.99. The van der Waals surface area contributed by atoms with E-state index < -0.39 is 5.41 Å². The summed E-state index contributed by atoms with van der Waals surface area (Å²) in [7, 11) is 1.54. The van der Waals surface area contributed by atoms with Crippen molar-refractivity contribution in [1.82, 2.24) is 9.80 Å². The second-order valence-corrected chi connectivity index (χ2v) is 7.41. The Morgan fingerprint density at radius 3 is 2.89 bits per heavy atom. The summed E-state index contributed by atoms with van der Waals surface area (Å²) in [5.74, 6) is 0.344. The van der Waals surface area contributed by atoms with Crippen LogP contribution in [0.4, 0.5) is 4.39 Å². The van der Waals surface area contributed by atoms with Gasteiger partial charge in [-0.3, -0.25) is 9.59 Å². The van der Waals surface area contributed by atoms with Gasteiger partial charge in [0, 0.05) is 38.2 Å². The van der Waals surface area contributed by atoms with Gasteiger partial charge < -0.3 is 14.5 Å². The quantitative estimate of drug-likeness (QED) is 0.744. The fourth-order valence-electron chi connectivity index (χ4n) is 4.12. The molecule has 2 saturated heterocycles. The maximum absolute atomic E-state index is 14.2. The molecule has 146 valence electrons. The number of allylic oxidation sites excluding steroid dienone is 1. The molecule has 0 bridgehead atoms. The van der Waals surface area contributed by atoms with E-state index in [4.69, 9.17) is 4.74 Å². The Morgan fingerprint density at radius 1 is 1.33 bits per heavy atom. The van der Waals surface area contributed by atoms with Crippen molar-refractivity contribution in [3.05, 3.63) is 41.7 Å². The second kappa shape index (κ2) is 8.11. The van der Waals surface area contributed by atoms with Gasteiger partial charge in [0.05, 0.1) is 12.5 Å². The predicted octanol–water partition coefficient (Wildman–Crippen LogP) is 3.14. The summed E-state index contributed by atoms with van der Waals surface area (Å²) in [4.78, 5) is 29.1. The van der Waals surface area contributed by atoms with E-state index in [1.807, 2.05) is 19.1 Å². The number of carbonyl (C=O) groups is 2. The summed E-state index contributed by atoms with van der Waals surface area (Å²) in [5, 5.41) is 0. The highest BCUT2D eigenvalue weighted by atomic mass is 19.1. The molecule has 2 amide bonds. The average molecular weight is 374 g/mol. The highest BCUT2D eigenvalue weighted by molar-refractivity contribution is 5.86. The molecule has 1 spiro atoms. The van der Waals surface area contributed by atoms with Crippen molar-refractivity contribution in [3.8, 4) is 5.75 Å². The second-order valence-electron chi connectivity index (χ2n) is 7.41. The molecule has 1 aromatic rings. The first-order chi connectivity index (χ1) is 13.0. The fourth-order valence-corrected chi connectivity index (χ4v) is 4.12. The van der Waals surface area contributed by atoms with Gasteiger partial charge in [-0.15, -0.1) is 0 Å². The minimum Gasteiger partial charge on any atom is -0.497 e. The van der Waals surface area contributed by atoms with Crippen LogP contribution in [-0.2, 0) is 16.1 Å². The Bertz CT molecular complexity index is 749. The van der Waals surface area contributed by atoms with Crippen LogP contribution < -0.4 is 4.74 Å². The molecule has 0 aromatic heterocycles. The van der Waals surface area contributed by atoms with Gasteiger partial charge in [-0.2, -0.15) is 0 Å². The molecule has 2 fully saturated rings. The number of carbonyl (C=O) groups excluding carboxylic acids is 2. The van der Waals surface area contributed by atoms with Gasteiger partial charge in [0.15, 0.2) is 0 Å². The number of likely N-dealkylation sites (tertiary alicyclic amines) is 2. The molecule has 3 rings (SSSR count). The van der Waals surface area contributed by atoms with Crippen LogP contribution in [0.2, 0.25) is 0 Å². The Kier molecular flexibility index (Phi) is 5.82. The Labute approximate surface area is 159 Å². The van der Waals surface area contributed by atoms with E-state index in [-0.39, 0.29) is 24.2 Å². The molecule has 0 aliphatic carbocycles. The largest absolute Gasteiger partial charge is 0.497 e. The van der Waals surface area contributed by atoms with Crippen molar-refractivity contribution in [1.29, 1.82) is 0 Å². The van der Waals surface area contributed by atoms with Gasteiger partial charge in [-0.25, -0.2) is 4.39 Å². The highest BCUT2D eigenvalue weighted by Gasteiger charge is 2.49. The number of hydrogen-bond acceptors (Lipinski definition) is 3. The normalized spacial score (nSPS) is 22.9. The first-order valence-electron chi connectivity index (χ1n) is 9.50. The lowest BCUT2D eigenvalue weighted by Gasteiger charge is -2.39. The predicted molar refractivity (Wildman–Crippen MR) is 101 cm³/mol. The standard InChI is InChI=1S/C21H27FN2O3/c1-3-4-6-19(25)24-12-10-21(15-24)9-5-11-23(20(21)26)14-16-13-17(27-2)7-8-18(16)22/h3-4,7-8,13H,5-6,9-12,14-15H2,1-2H3. The minimum atomic E-state index is -0.515. The van der Waals surface area contributed by atoms with Crippen LogP contribution in [0.5, 0.6) is 5.75 Å². The topological polar surface area (TPSA) is 49.9 Å². The van der Waals surface area contributed by atoms with Crippen molar-refractivity contribution < 1.29 is 18.7 Å². The van der Waals surface area contributed by atoms with E-state index in [0.717, 1.165) is 12.8 Å². The number of nitrogens with zero attached hydrogens (tertiary/aromatic N) is 2. The molecule has 1 aromatic carbocycles. The van der Waals surface area contributed by atoms with E-state index >= 15 is 0 Å². The Hall–Kier alpha value is -2.37. The number of methoxy groups -OCH3 is 1. The highest BCUT2D eigenvalue weighted by Crippen LogP contribution is 2.40. The summed E-state index contributed by atoms with van der Waals surface area (Å²) < 4.78 is 19.4. The van der Waals surface area contributed by atoms with Crippen LogP contribution in [0.1, 0.15) is 38.2 Å². The van der Waals surface area contributed by atoms with Crippen LogP contribution in [0.3, 0.4) is 0 Å². The molecule has 0 saturated carbocycles. The lowest BCUT2D eigenvalue weighted by atomic mass is 9.78. The van der Waals surface area contributed by atoms with Crippen molar-refractivity contribution in [2.24, 2.45) is 5.41 Å². The number of amides is 2. The van der Waals surface area contributed by atoms with E-state index in [2.05, 4.69) is 0 Å². The maximum Gasteiger partial charge on any atom is 0.230 e. The summed E-state index contributed by atoms with van der Waals surface area (Å²) in [6.45, 7) is 3.82. The zero-order valence-electron chi connectivity index (χ0n) is 16.0. The van der Waals surface area contributed by atoms with Crippen LogP contribution in [0.15, 0.2) is 30.4 Å². The van der Waals surface area contributed by atoms with Crippen LogP contribution >= 0.6 is 0 Å². The van der Waals surface area contributed by atoms with Crippen molar-refractivity contribution in [2.45, 2.75) is 39.2 Å². The lowest BCUT2D eigenvalue weighted by molar-refractivity contribution is -0.146. The molecule has 1 unspecified atom stereocenters. The number of halogens is 1. The molecule has 2 aliphatic heterocycles. The molecular weight excluding hydrogens is 347 g/mol. The van der Waals surface area contributed by atoms with E-state index in [0.29, 0.717) is 43.8 Å². The first-order valence-corrected chi connectivity index (χ1v) is 9.50. The van der Waals surface area contributed by atoms with Gasteiger partial charge in [0.2, 0.25) is 11.8 Å². The van der Waals surface area contributed by atoms with E-state index in [1.54, 1.807) is 21.9 Å². The van der Waals surface area contributed by atoms with Gasteiger partial charge in [0.25, 0.3) is 0 Å². The van der Waals surface area contributed by atoms with Crippen molar-refractivity contribution >= 4 is 11.8 Å². The first kappa shape index (κ1) is 19.4. The maximum atomic E-state index is 14.2. The van der Waals surface area contributed by atoms with Crippen molar-refractivity contribution in [2.75, 3.05) is 26.7 Å². The Balaban J connectivity index is 1.72. The Morgan fingerprint density at radius 2 is 2.15 bits per heavy atom.